The van der Waals surface area contributed by atoms with Crippen LogP contribution in [0.1, 0.15) is 10.5 Å². The molecule has 160 valence electrons. The Morgan fingerprint density at radius 1 is 0.968 bits per heavy atom. The van der Waals surface area contributed by atoms with E-state index in [0.29, 0.717) is 16.4 Å². The summed E-state index contributed by atoms with van der Waals surface area (Å²) in [6, 6.07) is 15.6. The van der Waals surface area contributed by atoms with E-state index < -0.39 is 11.8 Å². The number of benzene rings is 2. The highest BCUT2D eigenvalue weighted by atomic mass is 35.5. The summed E-state index contributed by atoms with van der Waals surface area (Å²) in [4.78, 5) is 36.0. The molecular weight excluding hydrogens is 442 g/mol. The molecule has 0 atom stereocenters. The molecule has 1 heterocycles. The van der Waals surface area contributed by atoms with Gasteiger partial charge in [0.15, 0.2) is 11.4 Å². The van der Waals surface area contributed by atoms with Crippen molar-refractivity contribution in [1.29, 1.82) is 0 Å². The van der Waals surface area contributed by atoms with Crippen molar-refractivity contribution in [1.82, 2.24) is 20.6 Å². The first-order chi connectivity index (χ1) is 14.9. The number of anilines is 1. The molecule has 0 unspecified atom stereocenters. The van der Waals surface area contributed by atoms with Crippen molar-refractivity contribution in [3.8, 4) is 11.4 Å². The lowest BCUT2D eigenvalue weighted by Crippen LogP contribution is -2.42. The van der Waals surface area contributed by atoms with Gasteiger partial charge < -0.3 is 10.4 Å². The van der Waals surface area contributed by atoms with Crippen molar-refractivity contribution in [2.45, 2.75) is 0 Å². The average molecular weight is 460 g/mol. The normalized spacial score (nSPS) is 10.4. The maximum absolute atomic E-state index is 12.2. The number of aromatic nitrogens is 2. The number of thioether (sulfide) groups is 1. The van der Waals surface area contributed by atoms with Crippen molar-refractivity contribution in [3.63, 3.8) is 0 Å². The zero-order valence-electron chi connectivity index (χ0n) is 16.0. The summed E-state index contributed by atoms with van der Waals surface area (Å²) in [6.07, 6.45) is 1.29. The maximum Gasteiger partial charge on any atom is 0.294 e. The van der Waals surface area contributed by atoms with Gasteiger partial charge in [-0.2, -0.15) is 5.10 Å². The third kappa shape index (κ3) is 6.49. The molecule has 0 saturated heterocycles. The third-order valence-electron chi connectivity index (χ3n) is 3.84. The Hall–Kier alpha value is -3.50. The highest BCUT2D eigenvalue weighted by Gasteiger charge is 2.17. The van der Waals surface area contributed by atoms with Gasteiger partial charge in [-0.1, -0.05) is 29.8 Å². The van der Waals surface area contributed by atoms with Crippen LogP contribution in [0.2, 0.25) is 5.02 Å². The molecule has 31 heavy (non-hydrogen) atoms. The van der Waals surface area contributed by atoms with Crippen LogP contribution in [-0.2, 0) is 9.59 Å². The molecule has 0 aliphatic carbocycles. The van der Waals surface area contributed by atoms with Crippen molar-refractivity contribution in [3.05, 3.63) is 71.5 Å². The fourth-order valence-electron chi connectivity index (χ4n) is 2.43. The smallest absolute Gasteiger partial charge is 0.294 e. The molecule has 11 heteroatoms. The molecule has 0 aliphatic rings. The van der Waals surface area contributed by atoms with Crippen LogP contribution in [0.15, 0.2) is 60.8 Å². The summed E-state index contributed by atoms with van der Waals surface area (Å²) in [6.45, 7) is 0. The van der Waals surface area contributed by atoms with Crippen molar-refractivity contribution < 1.29 is 19.5 Å². The van der Waals surface area contributed by atoms with Crippen LogP contribution in [0, 0.1) is 0 Å². The average Bonchev–Trinajstić information content (AvgIpc) is 3.16. The Bertz CT molecular complexity index is 1070. The molecule has 1 aromatic heterocycles. The number of carbonyl (C=O) groups is 3. The second-order valence-electron chi connectivity index (χ2n) is 6.19. The van der Waals surface area contributed by atoms with Gasteiger partial charge in [-0.05, 0) is 36.4 Å². The van der Waals surface area contributed by atoms with Gasteiger partial charge in [0.25, 0.3) is 5.91 Å². The number of aromatic hydroxyl groups is 1. The van der Waals surface area contributed by atoms with Gasteiger partial charge >= 0.3 is 0 Å². The summed E-state index contributed by atoms with van der Waals surface area (Å²) in [5.41, 5.74) is 5.43. The summed E-state index contributed by atoms with van der Waals surface area (Å²) in [5, 5.41) is 17.2. The molecule has 0 saturated carbocycles. The van der Waals surface area contributed by atoms with E-state index in [1.807, 2.05) is 6.07 Å². The number of hydrogen-bond donors (Lipinski definition) is 4. The SMILES string of the molecule is O=C(CSCC(=O)Nc1ccc(Cl)cc1)NNC(=O)c1nn(-c2ccccc2)cc1O. The van der Waals surface area contributed by atoms with Crippen LogP contribution in [0.25, 0.3) is 5.69 Å². The lowest BCUT2D eigenvalue weighted by Gasteiger charge is -2.07. The summed E-state index contributed by atoms with van der Waals surface area (Å²) in [5.74, 6) is -1.90. The molecule has 0 fully saturated rings. The highest BCUT2D eigenvalue weighted by molar-refractivity contribution is 8.00. The van der Waals surface area contributed by atoms with Crippen molar-refractivity contribution in [2.24, 2.45) is 0 Å². The summed E-state index contributed by atoms with van der Waals surface area (Å²) >= 11 is 6.86. The first kappa shape index (κ1) is 22.2. The van der Waals surface area contributed by atoms with Gasteiger partial charge in [0, 0.05) is 10.7 Å². The van der Waals surface area contributed by atoms with Crippen molar-refractivity contribution in [2.75, 3.05) is 16.8 Å². The van der Waals surface area contributed by atoms with Gasteiger partial charge in [0.05, 0.1) is 23.4 Å². The number of nitrogens with zero attached hydrogens (tertiary/aromatic N) is 2. The maximum atomic E-state index is 12.2. The monoisotopic (exact) mass is 459 g/mol. The fraction of sp³-hybridized carbons (Fsp3) is 0.100. The van der Waals surface area contributed by atoms with E-state index in [0.717, 1.165) is 11.8 Å². The van der Waals surface area contributed by atoms with Crippen LogP contribution in [0.4, 0.5) is 5.69 Å². The highest BCUT2D eigenvalue weighted by Crippen LogP contribution is 2.18. The standard InChI is InChI=1S/C20H18ClN5O4S/c21-13-6-8-14(9-7-13)22-17(28)11-31-12-18(29)23-24-20(30)19-16(27)10-26(25-19)15-4-2-1-3-5-15/h1-10,27H,11-12H2,(H,22,28)(H,23,29)(H,24,30). The minimum Gasteiger partial charge on any atom is -0.504 e. The van der Waals surface area contributed by atoms with E-state index in [9.17, 15) is 19.5 Å². The predicted molar refractivity (Wildman–Crippen MR) is 118 cm³/mol. The first-order valence-electron chi connectivity index (χ1n) is 8.99. The first-order valence-corrected chi connectivity index (χ1v) is 10.5. The molecule has 0 radical (unpaired) electrons. The second-order valence-corrected chi connectivity index (χ2v) is 7.62. The zero-order valence-corrected chi connectivity index (χ0v) is 17.6. The van der Waals surface area contributed by atoms with Gasteiger partial charge in [-0.25, -0.2) is 4.68 Å². The Balaban J connectivity index is 1.41. The number of amides is 3. The largest absolute Gasteiger partial charge is 0.504 e. The summed E-state index contributed by atoms with van der Waals surface area (Å²) in [7, 11) is 0. The zero-order chi connectivity index (χ0) is 22.2. The number of para-hydroxylation sites is 1. The van der Waals surface area contributed by atoms with E-state index in [-0.39, 0.29) is 28.9 Å². The number of rotatable bonds is 7. The molecular formula is C20H18ClN5O4S. The molecule has 9 nitrogen and oxygen atoms in total. The van der Waals surface area contributed by atoms with Gasteiger partial charge in [0.1, 0.15) is 0 Å². The number of nitrogens with one attached hydrogen (secondary N) is 3. The Kier molecular flexibility index (Phi) is 7.52. The van der Waals surface area contributed by atoms with Crippen LogP contribution < -0.4 is 16.2 Å². The van der Waals surface area contributed by atoms with E-state index in [1.54, 1.807) is 48.5 Å². The van der Waals surface area contributed by atoms with Gasteiger partial charge in [-0.3, -0.25) is 25.2 Å². The Labute approximate surface area is 186 Å². The second kappa shape index (κ2) is 10.5. The van der Waals surface area contributed by atoms with E-state index in [4.69, 9.17) is 11.6 Å². The molecule has 3 rings (SSSR count). The third-order valence-corrected chi connectivity index (χ3v) is 5.03. The molecule has 0 aliphatic heterocycles. The topological polar surface area (TPSA) is 125 Å². The molecule has 4 N–H and O–H groups in total. The quantitative estimate of drug-likeness (QED) is 0.402. The van der Waals surface area contributed by atoms with E-state index in [1.165, 1.54) is 10.9 Å². The predicted octanol–water partition coefficient (Wildman–Crippen LogP) is 2.36. The fourth-order valence-corrected chi connectivity index (χ4v) is 3.17. The van der Waals surface area contributed by atoms with Gasteiger partial charge in [0.2, 0.25) is 11.8 Å². The lowest BCUT2D eigenvalue weighted by atomic mass is 10.3. The minimum atomic E-state index is -0.772. The molecule has 2 aromatic carbocycles. The van der Waals surface area contributed by atoms with Crippen LogP contribution in [0.3, 0.4) is 0 Å². The Morgan fingerprint density at radius 3 is 2.35 bits per heavy atom. The number of halogens is 1. The van der Waals surface area contributed by atoms with Crippen LogP contribution in [-0.4, -0.2) is 44.1 Å². The van der Waals surface area contributed by atoms with Crippen LogP contribution in [0.5, 0.6) is 5.75 Å². The van der Waals surface area contributed by atoms with Crippen molar-refractivity contribution >= 4 is 46.8 Å². The Morgan fingerprint density at radius 2 is 1.65 bits per heavy atom. The number of hydrogen-bond acceptors (Lipinski definition) is 6. The summed E-state index contributed by atoms with van der Waals surface area (Å²) < 4.78 is 1.35. The molecule has 0 spiro atoms. The van der Waals surface area contributed by atoms with E-state index in [2.05, 4.69) is 21.3 Å². The molecule has 3 aromatic rings. The molecule has 0 bridgehead atoms. The number of carbonyl (C=O) groups excluding carboxylic acids is 3. The van der Waals surface area contributed by atoms with E-state index >= 15 is 0 Å². The van der Waals surface area contributed by atoms with Crippen LogP contribution >= 0.6 is 23.4 Å². The minimum absolute atomic E-state index is 0.0479. The number of hydrazine groups is 1. The lowest BCUT2D eigenvalue weighted by molar-refractivity contribution is -0.119. The molecule has 3 amide bonds. The van der Waals surface area contributed by atoms with Gasteiger partial charge in [-0.15, -0.1) is 11.8 Å².